The molecule has 0 bridgehead atoms. The van der Waals surface area contributed by atoms with Gasteiger partial charge >= 0.3 is 11.9 Å². The minimum Gasteiger partial charge on any atom is -0.383 e. The lowest BCUT2D eigenvalue weighted by Crippen LogP contribution is -2.26. The number of nitrogen functional groups attached to an aromatic ring is 1. The Bertz CT molecular complexity index is 1040. The van der Waals surface area contributed by atoms with Gasteiger partial charge in [0.1, 0.15) is 5.82 Å². The van der Waals surface area contributed by atoms with E-state index in [1.54, 1.807) is 12.1 Å². The zero-order chi connectivity index (χ0) is 17.8. The molecule has 128 valence electrons. The largest absolute Gasteiger partial charge is 0.435 e. The number of nitrogens with zero attached hydrogens (tertiary/aromatic N) is 3. The average Bonchev–Trinajstić information content (AvgIpc) is 3.39. The maximum atomic E-state index is 13.3. The van der Waals surface area contributed by atoms with Gasteiger partial charge in [0.05, 0.1) is 11.2 Å². The molecule has 0 radical (unpaired) electrons. The highest BCUT2D eigenvalue weighted by Gasteiger charge is 2.36. The molecule has 0 spiro atoms. The minimum atomic E-state index is -4.70. The predicted octanol–water partition coefficient (Wildman–Crippen LogP) is 3.26. The fraction of sp³-hybridized carbons (Fsp3) is 0.235. The van der Waals surface area contributed by atoms with E-state index in [4.69, 9.17) is 5.73 Å². The molecule has 0 atom stereocenters. The van der Waals surface area contributed by atoms with Crippen molar-refractivity contribution >= 4 is 16.7 Å². The molecule has 0 amide bonds. The highest BCUT2D eigenvalue weighted by atomic mass is 19.4. The molecule has 4 rings (SSSR count). The van der Waals surface area contributed by atoms with Crippen LogP contribution in [0, 0.1) is 0 Å². The van der Waals surface area contributed by atoms with Crippen molar-refractivity contribution in [2.24, 2.45) is 0 Å². The number of benzene rings is 1. The van der Waals surface area contributed by atoms with Crippen LogP contribution in [0.25, 0.3) is 16.6 Å². The second kappa shape index (κ2) is 5.30. The highest BCUT2D eigenvalue weighted by Crippen LogP contribution is 2.41. The fourth-order valence-electron chi connectivity index (χ4n) is 2.97. The molecule has 0 saturated heterocycles. The monoisotopic (exact) mass is 346 g/mol. The van der Waals surface area contributed by atoms with Gasteiger partial charge in [-0.2, -0.15) is 18.2 Å². The average molecular weight is 346 g/mol. The molecule has 5 nitrogen and oxygen atoms in total. The molecular weight excluding hydrogens is 333 g/mol. The van der Waals surface area contributed by atoms with Crippen molar-refractivity contribution in [2.75, 3.05) is 5.73 Å². The van der Waals surface area contributed by atoms with Crippen molar-refractivity contribution in [3.63, 3.8) is 0 Å². The van der Waals surface area contributed by atoms with Crippen molar-refractivity contribution in [2.45, 2.75) is 24.9 Å². The molecule has 0 aliphatic heterocycles. The van der Waals surface area contributed by atoms with Crippen LogP contribution in [0.5, 0.6) is 0 Å². The van der Waals surface area contributed by atoms with Gasteiger partial charge in [0.2, 0.25) is 0 Å². The first kappa shape index (κ1) is 15.6. The minimum absolute atomic E-state index is 0.00366. The molecule has 2 N–H and O–H groups in total. The number of fused-ring (bicyclic) bond motifs is 1. The van der Waals surface area contributed by atoms with Crippen LogP contribution in [0.2, 0.25) is 0 Å². The van der Waals surface area contributed by atoms with Crippen LogP contribution in [0.15, 0.2) is 41.3 Å². The molecule has 1 aromatic carbocycles. The van der Waals surface area contributed by atoms with Crippen molar-refractivity contribution in [1.82, 2.24) is 14.5 Å². The zero-order valence-electron chi connectivity index (χ0n) is 12.9. The Morgan fingerprint density at radius 1 is 1.20 bits per heavy atom. The number of nitrogens with two attached hydrogens (primary N) is 1. The maximum absolute atomic E-state index is 13.3. The third-order valence-electron chi connectivity index (χ3n) is 4.29. The van der Waals surface area contributed by atoms with Gasteiger partial charge < -0.3 is 5.73 Å². The standard InChI is InChI=1S/C17H13F3N4O/c18-17(19,20)14-12(2-1-7-22-14)24-13-8-10(9-3-4-9)5-6-11(13)15(21)23-16(24)25/h1-2,5-9H,3-4H2,(H2,21,23,25). The molecule has 1 aliphatic rings. The molecule has 1 aliphatic carbocycles. The topological polar surface area (TPSA) is 73.8 Å². The summed E-state index contributed by atoms with van der Waals surface area (Å²) in [6.45, 7) is 0. The number of alkyl halides is 3. The van der Waals surface area contributed by atoms with Crippen molar-refractivity contribution in [3.05, 3.63) is 58.3 Å². The Hall–Kier alpha value is -2.90. The van der Waals surface area contributed by atoms with Crippen LogP contribution in [-0.2, 0) is 6.18 Å². The van der Waals surface area contributed by atoms with Crippen LogP contribution in [0.4, 0.5) is 19.0 Å². The van der Waals surface area contributed by atoms with E-state index in [1.165, 1.54) is 12.1 Å². The van der Waals surface area contributed by atoms with E-state index in [0.29, 0.717) is 16.8 Å². The number of anilines is 1. The number of halogens is 3. The summed E-state index contributed by atoms with van der Waals surface area (Å²) in [6.07, 6.45) is -1.61. The number of hydrogen-bond acceptors (Lipinski definition) is 4. The lowest BCUT2D eigenvalue weighted by atomic mass is 10.1. The van der Waals surface area contributed by atoms with E-state index in [0.717, 1.165) is 29.2 Å². The lowest BCUT2D eigenvalue weighted by molar-refractivity contribution is -0.141. The van der Waals surface area contributed by atoms with E-state index >= 15 is 0 Å². The third-order valence-corrected chi connectivity index (χ3v) is 4.29. The molecule has 25 heavy (non-hydrogen) atoms. The first-order chi connectivity index (χ1) is 11.9. The quantitative estimate of drug-likeness (QED) is 0.773. The Morgan fingerprint density at radius 2 is 1.96 bits per heavy atom. The van der Waals surface area contributed by atoms with Gasteiger partial charge in [-0.05, 0) is 48.6 Å². The first-order valence-electron chi connectivity index (χ1n) is 7.71. The maximum Gasteiger partial charge on any atom is 0.435 e. The molecule has 8 heteroatoms. The number of hydrogen-bond donors (Lipinski definition) is 1. The summed E-state index contributed by atoms with van der Waals surface area (Å²) in [5.41, 5.74) is 4.73. The van der Waals surface area contributed by atoms with Gasteiger partial charge in [-0.1, -0.05) is 6.07 Å². The molecule has 2 aromatic heterocycles. The molecule has 0 unspecified atom stereocenters. The SMILES string of the molecule is Nc1nc(=O)n(-c2cccnc2C(F)(F)F)c2cc(C3CC3)ccc12. The van der Waals surface area contributed by atoms with Gasteiger partial charge in [-0.3, -0.25) is 4.57 Å². The fourth-order valence-corrected chi connectivity index (χ4v) is 2.97. The van der Waals surface area contributed by atoms with Crippen LogP contribution in [0.1, 0.15) is 30.0 Å². The summed E-state index contributed by atoms with van der Waals surface area (Å²) >= 11 is 0. The summed E-state index contributed by atoms with van der Waals surface area (Å²) in [7, 11) is 0. The van der Waals surface area contributed by atoms with Gasteiger partial charge in [0.15, 0.2) is 5.69 Å². The van der Waals surface area contributed by atoms with E-state index in [-0.39, 0.29) is 11.5 Å². The van der Waals surface area contributed by atoms with Gasteiger partial charge in [-0.25, -0.2) is 9.78 Å². The van der Waals surface area contributed by atoms with Crippen molar-refractivity contribution in [1.29, 1.82) is 0 Å². The summed E-state index contributed by atoms with van der Waals surface area (Å²) in [5.74, 6) is 0.370. The Labute approximate surface area is 139 Å². The molecular formula is C17H13F3N4O. The summed E-state index contributed by atoms with van der Waals surface area (Å²) in [5, 5.41) is 0.431. The predicted molar refractivity (Wildman–Crippen MR) is 86.5 cm³/mol. The summed E-state index contributed by atoms with van der Waals surface area (Å²) < 4.78 is 41.0. The number of pyridine rings is 1. The van der Waals surface area contributed by atoms with E-state index in [9.17, 15) is 18.0 Å². The molecule has 2 heterocycles. The van der Waals surface area contributed by atoms with Crippen LogP contribution < -0.4 is 11.4 Å². The molecule has 1 saturated carbocycles. The second-order valence-corrected chi connectivity index (χ2v) is 6.03. The van der Waals surface area contributed by atoms with E-state index < -0.39 is 17.6 Å². The van der Waals surface area contributed by atoms with Crippen LogP contribution in [-0.4, -0.2) is 14.5 Å². The Kier molecular flexibility index (Phi) is 3.31. The number of rotatable bonds is 2. The van der Waals surface area contributed by atoms with Crippen LogP contribution >= 0.6 is 0 Å². The third kappa shape index (κ3) is 2.63. The van der Waals surface area contributed by atoms with Crippen molar-refractivity contribution in [3.8, 4) is 5.69 Å². The molecule has 1 fully saturated rings. The van der Waals surface area contributed by atoms with E-state index in [2.05, 4.69) is 9.97 Å². The Morgan fingerprint density at radius 3 is 2.64 bits per heavy atom. The summed E-state index contributed by atoms with van der Waals surface area (Å²) in [4.78, 5) is 19.5. The van der Waals surface area contributed by atoms with Crippen molar-refractivity contribution < 1.29 is 13.2 Å². The smallest absolute Gasteiger partial charge is 0.383 e. The Balaban J connectivity index is 2.08. The lowest BCUT2D eigenvalue weighted by Gasteiger charge is -2.16. The van der Waals surface area contributed by atoms with Gasteiger partial charge in [0, 0.05) is 11.6 Å². The number of aromatic nitrogens is 3. The highest BCUT2D eigenvalue weighted by molar-refractivity contribution is 5.90. The van der Waals surface area contributed by atoms with Gasteiger partial charge in [-0.15, -0.1) is 0 Å². The van der Waals surface area contributed by atoms with Crippen LogP contribution in [0.3, 0.4) is 0 Å². The van der Waals surface area contributed by atoms with Gasteiger partial charge in [0.25, 0.3) is 0 Å². The zero-order valence-corrected chi connectivity index (χ0v) is 12.9. The first-order valence-corrected chi connectivity index (χ1v) is 7.71. The normalized spacial score (nSPS) is 14.8. The summed E-state index contributed by atoms with van der Waals surface area (Å²) in [6, 6.07) is 7.85. The molecule has 3 aromatic rings. The second-order valence-electron chi connectivity index (χ2n) is 6.03. The van der Waals surface area contributed by atoms with E-state index in [1.807, 2.05) is 6.07 Å².